The van der Waals surface area contributed by atoms with Crippen LogP contribution < -0.4 is 10.2 Å². The van der Waals surface area contributed by atoms with Crippen LogP contribution in [0.5, 0.6) is 0 Å². The lowest BCUT2D eigenvalue weighted by atomic mass is 10.1. The summed E-state index contributed by atoms with van der Waals surface area (Å²) in [6.07, 6.45) is 6.85. The molecule has 1 aromatic carbocycles. The van der Waals surface area contributed by atoms with Crippen LogP contribution in [-0.4, -0.2) is 28.3 Å². The standard InChI is InChI=1S/C17H23N5/c1-14(15-9-5-4-6-10-15)19-17-20-16(13-18-21-17)22-11-7-2-3-8-12-22/h4-6,9-10,13-14H,2-3,7-8,11-12H2,1H3,(H,19,20,21). The zero-order valence-corrected chi connectivity index (χ0v) is 13.1. The van der Waals surface area contributed by atoms with Gasteiger partial charge in [-0.15, -0.1) is 5.10 Å². The van der Waals surface area contributed by atoms with Crippen molar-refractivity contribution >= 4 is 11.8 Å². The van der Waals surface area contributed by atoms with Crippen molar-refractivity contribution in [3.63, 3.8) is 0 Å². The molecule has 1 aliphatic rings. The van der Waals surface area contributed by atoms with E-state index in [9.17, 15) is 0 Å². The number of hydrogen-bond acceptors (Lipinski definition) is 5. The molecule has 3 rings (SSSR count). The molecule has 5 nitrogen and oxygen atoms in total. The summed E-state index contributed by atoms with van der Waals surface area (Å²) in [4.78, 5) is 6.96. The lowest BCUT2D eigenvalue weighted by Gasteiger charge is -2.21. The Kier molecular flexibility index (Phi) is 4.83. The molecule has 2 heterocycles. The average Bonchev–Trinajstić information content (AvgIpc) is 2.85. The Morgan fingerprint density at radius 3 is 2.50 bits per heavy atom. The maximum atomic E-state index is 4.64. The Labute approximate surface area is 131 Å². The lowest BCUT2D eigenvalue weighted by Crippen LogP contribution is -2.25. The molecule has 1 fully saturated rings. The predicted molar refractivity (Wildman–Crippen MR) is 89.0 cm³/mol. The molecule has 0 aliphatic carbocycles. The highest BCUT2D eigenvalue weighted by Crippen LogP contribution is 2.19. The molecular weight excluding hydrogens is 274 g/mol. The molecule has 0 radical (unpaired) electrons. The summed E-state index contributed by atoms with van der Waals surface area (Å²) in [5.41, 5.74) is 1.21. The summed E-state index contributed by atoms with van der Waals surface area (Å²) in [6, 6.07) is 10.5. The number of hydrogen-bond donors (Lipinski definition) is 1. The van der Waals surface area contributed by atoms with E-state index in [-0.39, 0.29) is 6.04 Å². The van der Waals surface area contributed by atoms with Crippen LogP contribution in [0.25, 0.3) is 0 Å². The van der Waals surface area contributed by atoms with Crippen LogP contribution in [0.15, 0.2) is 36.5 Å². The summed E-state index contributed by atoms with van der Waals surface area (Å²) >= 11 is 0. The quantitative estimate of drug-likeness (QED) is 0.937. The minimum atomic E-state index is 0.155. The van der Waals surface area contributed by atoms with Gasteiger partial charge in [0.2, 0.25) is 5.95 Å². The molecule has 1 unspecified atom stereocenters. The van der Waals surface area contributed by atoms with Crippen LogP contribution in [0.3, 0.4) is 0 Å². The molecule has 1 N–H and O–H groups in total. The molecule has 1 saturated heterocycles. The number of anilines is 2. The minimum Gasteiger partial charge on any atom is -0.355 e. The molecule has 1 aromatic heterocycles. The average molecular weight is 297 g/mol. The Morgan fingerprint density at radius 1 is 1.05 bits per heavy atom. The van der Waals surface area contributed by atoms with Crippen LogP contribution in [0.2, 0.25) is 0 Å². The first-order valence-electron chi connectivity index (χ1n) is 8.09. The van der Waals surface area contributed by atoms with Gasteiger partial charge >= 0.3 is 0 Å². The number of nitrogens with zero attached hydrogens (tertiary/aromatic N) is 4. The van der Waals surface area contributed by atoms with Crippen molar-refractivity contribution in [2.75, 3.05) is 23.3 Å². The van der Waals surface area contributed by atoms with Crippen molar-refractivity contribution in [2.45, 2.75) is 38.6 Å². The highest BCUT2D eigenvalue weighted by Gasteiger charge is 2.13. The van der Waals surface area contributed by atoms with Crippen molar-refractivity contribution in [1.29, 1.82) is 0 Å². The molecule has 116 valence electrons. The van der Waals surface area contributed by atoms with Gasteiger partial charge in [-0.05, 0) is 25.3 Å². The van der Waals surface area contributed by atoms with Crippen LogP contribution in [0, 0.1) is 0 Å². The smallest absolute Gasteiger partial charge is 0.245 e. The van der Waals surface area contributed by atoms with Gasteiger partial charge < -0.3 is 10.2 Å². The lowest BCUT2D eigenvalue weighted by molar-refractivity contribution is 0.726. The van der Waals surface area contributed by atoms with Crippen LogP contribution in [0.1, 0.15) is 44.2 Å². The second-order valence-electron chi connectivity index (χ2n) is 5.82. The van der Waals surface area contributed by atoms with E-state index in [1.54, 1.807) is 6.20 Å². The summed E-state index contributed by atoms with van der Waals surface area (Å²) in [7, 11) is 0. The van der Waals surface area contributed by atoms with Crippen LogP contribution in [0.4, 0.5) is 11.8 Å². The summed E-state index contributed by atoms with van der Waals surface area (Å²) in [5, 5.41) is 11.6. The predicted octanol–water partition coefficient (Wildman–Crippen LogP) is 3.43. The number of nitrogens with one attached hydrogen (secondary N) is 1. The first-order chi connectivity index (χ1) is 10.8. The van der Waals surface area contributed by atoms with Crippen molar-refractivity contribution < 1.29 is 0 Å². The SMILES string of the molecule is CC(Nc1nncc(N2CCCCCC2)n1)c1ccccc1. The Bertz CT molecular complexity index is 579. The van der Waals surface area contributed by atoms with Crippen molar-refractivity contribution in [3.8, 4) is 0 Å². The van der Waals surface area contributed by atoms with Gasteiger partial charge in [-0.1, -0.05) is 43.2 Å². The molecule has 2 aromatic rings. The van der Waals surface area contributed by atoms with E-state index < -0.39 is 0 Å². The second-order valence-corrected chi connectivity index (χ2v) is 5.82. The molecule has 5 heteroatoms. The van der Waals surface area contributed by atoms with E-state index in [0.717, 1.165) is 18.9 Å². The molecular formula is C17H23N5. The third kappa shape index (κ3) is 3.72. The Hall–Kier alpha value is -2.17. The van der Waals surface area contributed by atoms with Gasteiger partial charge in [-0.25, -0.2) is 0 Å². The number of rotatable bonds is 4. The molecule has 1 aliphatic heterocycles. The Morgan fingerprint density at radius 2 is 1.77 bits per heavy atom. The van der Waals surface area contributed by atoms with E-state index in [4.69, 9.17) is 0 Å². The van der Waals surface area contributed by atoms with Crippen LogP contribution >= 0.6 is 0 Å². The van der Waals surface area contributed by atoms with E-state index in [0.29, 0.717) is 5.95 Å². The molecule has 0 saturated carbocycles. The maximum absolute atomic E-state index is 4.64. The fourth-order valence-corrected chi connectivity index (χ4v) is 2.83. The summed E-state index contributed by atoms with van der Waals surface area (Å²) in [5.74, 6) is 1.53. The van der Waals surface area contributed by atoms with Crippen molar-refractivity contribution in [2.24, 2.45) is 0 Å². The minimum absolute atomic E-state index is 0.155. The van der Waals surface area contributed by atoms with Crippen molar-refractivity contribution in [1.82, 2.24) is 15.2 Å². The first kappa shape index (κ1) is 14.8. The van der Waals surface area contributed by atoms with Crippen molar-refractivity contribution in [3.05, 3.63) is 42.1 Å². The van der Waals surface area contributed by atoms with E-state index in [1.165, 1.54) is 31.2 Å². The van der Waals surface area contributed by atoms with Gasteiger partial charge in [0.05, 0.1) is 12.2 Å². The van der Waals surface area contributed by atoms with Gasteiger partial charge in [0, 0.05) is 13.1 Å². The molecule has 0 spiro atoms. The molecule has 1 atom stereocenters. The molecule has 0 bridgehead atoms. The second kappa shape index (κ2) is 7.20. The third-order valence-corrected chi connectivity index (χ3v) is 4.12. The highest BCUT2D eigenvalue weighted by molar-refractivity contribution is 5.41. The number of aromatic nitrogens is 3. The summed E-state index contributed by atoms with van der Waals surface area (Å²) in [6.45, 7) is 4.23. The van der Waals surface area contributed by atoms with Gasteiger partial charge in [0.25, 0.3) is 0 Å². The van der Waals surface area contributed by atoms with Gasteiger partial charge in [0.1, 0.15) is 0 Å². The monoisotopic (exact) mass is 297 g/mol. The third-order valence-electron chi connectivity index (χ3n) is 4.12. The maximum Gasteiger partial charge on any atom is 0.245 e. The summed E-state index contributed by atoms with van der Waals surface area (Å²) < 4.78 is 0. The fourth-order valence-electron chi connectivity index (χ4n) is 2.83. The van der Waals surface area contributed by atoms with E-state index in [2.05, 4.69) is 44.5 Å². The topological polar surface area (TPSA) is 53.9 Å². The first-order valence-corrected chi connectivity index (χ1v) is 8.09. The zero-order valence-electron chi connectivity index (χ0n) is 13.1. The fraction of sp³-hybridized carbons (Fsp3) is 0.471. The Balaban J connectivity index is 1.70. The molecule has 0 amide bonds. The van der Waals surface area contributed by atoms with Gasteiger partial charge in [0.15, 0.2) is 5.82 Å². The number of benzene rings is 1. The van der Waals surface area contributed by atoms with E-state index >= 15 is 0 Å². The van der Waals surface area contributed by atoms with E-state index in [1.807, 2.05) is 18.2 Å². The zero-order chi connectivity index (χ0) is 15.2. The van der Waals surface area contributed by atoms with Crippen LogP contribution in [-0.2, 0) is 0 Å². The highest BCUT2D eigenvalue weighted by atomic mass is 15.3. The molecule has 22 heavy (non-hydrogen) atoms. The normalized spacial score (nSPS) is 16.9. The van der Waals surface area contributed by atoms with Gasteiger partial charge in [-0.2, -0.15) is 10.1 Å². The largest absolute Gasteiger partial charge is 0.355 e. The van der Waals surface area contributed by atoms with Gasteiger partial charge in [-0.3, -0.25) is 0 Å².